The number of nitrogens with two attached hydrogens (primary N) is 2. The third kappa shape index (κ3) is 13.2. The van der Waals surface area contributed by atoms with E-state index in [2.05, 4.69) is 69.5 Å². The van der Waals surface area contributed by atoms with Crippen LogP contribution in [0.15, 0.2) is 24.3 Å². The van der Waals surface area contributed by atoms with Gasteiger partial charge in [0, 0.05) is 37.1 Å². The highest BCUT2D eigenvalue weighted by Gasteiger charge is 2.29. The standard InChI is InChI=1S/C32H59N5O2/c1-22(17-23(2)27(38)35-20-29(4,5)18-31(8,9)33)25-13-15-26(16-14-25)24(3)37(12)28(39)36-21-30(6,7)19-32(10,11)34/h13-16,22-24H,17-21,33-34H2,1-12H3,(H,35,38)(H,36,39). The van der Waals surface area contributed by atoms with Gasteiger partial charge in [0.15, 0.2) is 0 Å². The summed E-state index contributed by atoms with van der Waals surface area (Å²) in [6.45, 7) is 24.0. The first-order chi connectivity index (χ1) is 17.5. The first kappa shape index (κ1) is 34.9. The highest BCUT2D eigenvalue weighted by Crippen LogP contribution is 2.29. The lowest BCUT2D eigenvalue weighted by molar-refractivity contribution is -0.125. The molecule has 0 aromatic heterocycles. The summed E-state index contributed by atoms with van der Waals surface area (Å²) in [5, 5.41) is 6.21. The van der Waals surface area contributed by atoms with E-state index in [1.54, 1.807) is 4.90 Å². The highest BCUT2D eigenvalue weighted by molar-refractivity contribution is 5.78. The van der Waals surface area contributed by atoms with Crippen LogP contribution in [0.3, 0.4) is 0 Å². The number of benzene rings is 1. The molecule has 0 aliphatic heterocycles. The molecule has 1 aromatic carbocycles. The molecule has 1 aromatic rings. The van der Waals surface area contributed by atoms with Crippen molar-refractivity contribution in [2.75, 3.05) is 20.1 Å². The van der Waals surface area contributed by atoms with E-state index >= 15 is 0 Å². The van der Waals surface area contributed by atoms with Gasteiger partial charge >= 0.3 is 6.03 Å². The van der Waals surface area contributed by atoms with Crippen molar-refractivity contribution in [2.45, 2.75) is 118 Å². The number of hydrogen-bond acceptors (Lipinski definition) is 4. The fraction of sp³-hybridized carbons (Fsp3) is 0.750. The fourth-order valence-electron chi connectivity index (χ4n) is 5.81. The zero-order chi connectivity index (χ0) is 30.4. The largest absolute Gasteiger partial charge is 0.355 e. The molecule has 3 amide bonds. The number of rotatable bonds is 14. The summed E-state index contributed by atoms with van der Waals surface area (Å²) in [6.07, 6.45) is 2.41. The van der Waals surface area contributed by atoms with Crippen LogP contribution >= 0.6 is 0 Å². The molecule has 0 aliphatic rings. The van der Waals surface area contributed by atoms with Gasteiger partial charge in [-0.25, -0.2) is 4.79 Å². The Hall–Kier alpha value is -2.12. The van der Waals surface area contributed by atoms with Gasteiger partial charge in [0.05, 0.1) is 6.04 Å². The monoisotopic (exact) mass is 545 g/mol. The molecule has 0 radical (unpaired) electrons. The predicted octanol–water partition coefficient (Wildman–Crippen LogP) is 5.94. The van der Waals surface area contributed by atoms with Gasteiger partial charge in [-0.3, -0.25) is 4.79 Å². The number of carbonyl (C=O) groups excluding carboxylic acids is 2. The van der Waals surface area contributed by atoms with E-state index in [1.165, 1.54) is 5.56 Å². The van der Waals surface area contributed by atoms with Crippen molar-refractivity contribution in [1.29, 1.82) is 0 Å². The maximum atomic E-state index is 12.9. The van der Waals surface area contributed by atoms with E-state index in [0.717, 1.165) is 24.8 Å². The van der Waals surface area contributed by atoms with Crippen LogP contribution in [0.4, 0.5) is 4.79 Å². The Kier molecular flexibility index (Phi) is 12.1. The summed E-state index contributed by atoms with van der Waals surface area (Å²) in [5.74, 6) is 0.228. The van der Waals surface area contributed by atoms with Gasteiger partial charge in [0.2, 0.25) is 5.91 Å². The predicted molar refractivity (Wildman–Crippen MR) is 165 cm³/mol. The Balaban J connectivity index is 2.67. The van der Waals surface area contributed by atoms with E-state index in [0.29, 0.717) is 13.1 Å². The number of amides is 3. The number of nitrogens with one attached hydrogen (secondary N) is 2. The van der Waals surface area contributed by atoms with Crippen molar-refractivity contribution in [3.05, 3.63) is 35.4 Å². The Morgan fingerprint density at radius 3 is 1.62 bits per heavy atom. The average molecular weight is 546 g/mol. The van der Waals surface area contributed by atoms with E-state index in [-0.39, 0.29) is 51.7 Å². The second kappa shape index (κ2) is 13.5. The quantitative estimate of drug-likeness (QED) is 0.232. The van der Waals surface area contributed by atoms with E-state index in [4.69, 9.17) is 11.5 Å². The summed E-state index contributed by atoms with van der Waals surface area (Å²) in [6, 6.07) is 8.24. The van der Waals surface area contributed by atoms with Gasteiger partial charge in [0.25, 0.3) is 0 Å². The molecule has 7 nitrogen and oxygen atoms in total. The van der Waals surface area contributed by atoms with E-state index < -0.39 is 0 Å². The number of nitrogens with zero attached hydrogens (tertiary/aromatic N) is 1. The van der Waals surface area contributed by atoms with Gasteiger partial charge in [0.1, 0.15) is 0 Å². The van der Waals surface area contributed by atoms with Crippen molar-refractivity contribution in [3.8, 4) is 0 Å². The van der Waals surface area contributed by atoms with E-state index in [9.17, 15) is 9.59 Å². The van der Waals surface area contributed by atoms with Gasteiger partial charge in [-0.05, 0) is 81.8 Å². The fourth-order valence-corrected chi connectivity index (χ4v) is 5.81. The number of carbonyl (C=O) groups is 2. The van der Waals surface area contributed by atoms with Crippen LogP contribution in [0.2, 0.25) is 0 Å². The van der Waals surface area contributed by atoms with Gasteiger partial charge < -0.3 is 27.0 Å². The molecule has 0 aliphatic carbocycles. The van der Waals surface area contributed by atoms with Crippen LogP contribution in [-0.2, 0) is 4.79 Å². The zero-order valence-corrected chi connectivity index (χ0v) is 27.0. The van der Waals surface area contributed by atoms with Gasteiger partial charge in [-0.2, -0.15) is 0 Å². The third-order valence-corrected chi connectivity index (χ3v) is 7.37. The maximum Gasteiger partial charge on any atom is 0.317 e. The van der Waals surface area contributed by atoms with Crippen LogP contribution in [0.5, 0.6) is 0 Å². The van der Waals surface area contributed by atoms with Crippen molar-refractivity contribution < 1.29 is 9.59 Å². The smallest absolute Gasteiger partial charge is 0.317 e. The van der Waals surface area contributed by atoms with Crippen LogP contribution in [-0.4, -0.2) is 48.1 Å². The topological polar surface area (TPSA) is 113 Å². The second-order valence-electron chi connectivity index (χ2n) is 15.0. The minimum Gasteiger partial charge on any atom is -0.355 e. The van der Waals surface area contributed by atoms with Crippen molar-refractivity contribution in [1.82, 2.24) is 15.5 Å². The molecule has 0 spiro atoms. The molecular formula is C32H59N5O2. The normalized spacial score (nSPS) is 15.3. The van der Waals surface area contributed by atoms with Gasteiger partial charge in [-0.1, -0.05) is 65.8 Å². The molecule has 39 heavy (non-hydrogen) atoms. The lowest BCUT2D eigenvalue weighted by Gasteiger charge is -2.33. The Morgan fingerprint density at radius 1 is 0.769 bits per heavy atom. The Labute approximate surface area is 239 Å². The van der Waals surface area contributed by atoms with E-state index in [1.807, 2.05) is 48.6 Å². The molecule has 1 rings (SSSR count). The first-order valence-corrected chi connectivity index (χ1v) is 14.5. The lowest BCUT2D eigenvalue weighted by Crippen LogP contribution is -2.46. The molecule has 0 fully saturated rings. The molecule has 0 bridgehead atoms. The molecule has 0 saturated heterocycles. The van der Waals surface area contributed by atoms with Crippen molar-refractivity contribution >= 4 is 11.9 Å². The van der Waals surface area contributed by atoms with Crippen molar-refractivity contribution in [3.63, 3.8) is 0 Å². The number of urea groups is 1. The summed E-state index contributed by atoms with van der Waals surface area (Å²) in [5.41, 5.74) is 13.9. The molecule has 3 atom stereocenters. The summed E-state index contributed by atoms with van der Waals surface area (Å²) < 4.78 is 0. The minimum atomic E-state index is -0.285. The second-order valence-corrected chi connectivity index (χ2v) is 15.0. The SMILES string of the molecule is CC(CC(C)c1ccc(C(C)N(C)C(=O)NCC(C)(C)CC(C)(C)N)cc1)C(=O)NCC(C)(C)CC(C)(C)N. The van der Waals surface area contributed by atoms with Gasteiger partial charge in [-0.15, -0.1) is 0 Å². The molecule has 6 N–H and O–H groups in total. The number of hydrogen-bond donors (Lipinski definition) is 4. The van der Waals surface area contributed by atoms with Crippen LogP contribution in [0.1, 0.15) is 119 Å². The Morgan fingerprint density at radius 2 is 1.18 bits per heavy atom. The summed E-state index contributed by atoms with van der Waals surface area (Å²) >= 11 is 0. The first-order valence-electron chi connectivity index (χ1n) is 14.5. The summed E-state index contributed by atoms with van der Waals surface area (Å²) in [4.78, 5) is 27.4. The molecule has 3 unspecified atom stereocenters. The third-order valence-electron chi connectivity index (χ3n) is 7.37. The summed E-state index contributed by atoms with van der Waals surface area (Å²) in [7, 11) is 1.83. The Bertz CT molecular complexity index is 925. The molecular weight excluding hydrogens is 486 g/mol. The molecule has 224 valence electrons. The molecule has 0 heterocycles. The zero-order valence-electron chi connectivity index (χ0n) is 27.0. The average Bonchev–Trinajstić information content (AvgIpc) is 2.77. The van der Waals surface area contributed by atoms with Crippen molar-refractivity contribution in [2.24, 2.45) is 28.2 Å². The molecule has 7 heteroatoms. The minimum absolute atomic E-state index is 0.0621. The van der Waals surface area contributed by atoms with Crippen LogP contribution in [0.25, 0.3) is 0 Å². The van der Waals surface area contributed by atoms with Crippen LogP contribution in [0, 0.1) is 16.7 Å². The maximum absolute atomic E-state index is 12.9. The lowest BCUT2D eigenvalue weighted by atomic mass is 9.80. The van der Waals surface area contributed by atoms with Crippen LogP contribution < -0.4 is 22.1 Å². The highest BCUT2D eigenvalue weighted by atomic mass is 16.2. The molecule has 0 saturated carbocycles.